The van der Waals surface area contributed by atoms with Crippen molar-refractivity contribution in [1.82, 2.24) is 15.2 Å². The molecule has 172 valence electrons. The first kappa shape index (κ1) is 23.0. The van der Waals surface area contributed by atoms with Gasteiger partial charge in [0.05, 0.1) is 12.3 Å². The van der Waals surface area contributed by atoms with Crippen LogP contribution in [0.5, 0.6) is 11.6 Å². The summed E-state index contributed by atoms with van der Waals surface area (Å²) in [4.78, 5) is 19.3. The van der Waals surface area contributed by atoms with Crippen LogP contribution >= 0.6 is 11.8 Å². The molecule has 2 aromatic carbocycles. The number of ether oxygens (including phenoxy) is 2. The number of nitrogens with zero attached hydrogens (tertiary/aromatic N) is 4. The van der Waals surface area contributed by atoms with Crippen LogP contribution in [-0.4, -0.2) is 33.4 Å². The zero-order valence-electron chi connectivity index (χ0n) is 19.4. The molecule has 3 aromatic rings. The van der Waals surface area contributed by atoms with Crippen molar-refractivity contribution >= 4 is 23.4 Å². The van der Waals surface area contributed by atoms with Gasteiger partial charge in [0.2, 0.25) is 23.2 Å². The molecule has 0 N–H and O–H groups in total. The molecule has 0 fully saturated rings. The number of benzene rings is 2. The van der Waals surface area contributed by atoms with Gasteiger partial charge in [0.1, 0.15) is 5.75 Å². The number of carbonyl (C=O) groups is 1. The van der Waals surface area contributed by atoms with Crippen LogP contribution in [-0.2, 0) is 4.79 Å². The first-order valence-electron chi connectivity index (χ1n) is 11.2. The highest BCUT2D eigenvalue weighted by molar-refractivity contribution is 7.99. The molecule has 0 spiro atoms. The minimum Gasteiger partial charge on any atom is -0.494 e. The second-order valence-corrected chi connectivity index (χ2v) is 8.89. The second kappa shape index (κ2) is 10.2. The summed E-state index contributed by atoms with van der Waals surface area (Å²) in [6, 6.07) is 13.5. The van der Waals surface area contributed by atoms with Gasteiger partial charge in [-0.15, -0.1) is 10.2 Å². The van der Waals surface area contributed by atoms with Crippen molar-refractivity contribution in [2.24, 2.45) is 0 Å². The van der Waals surface area contributed by atoms with E-state index >= 15 is 0 Å². The molecule has 0 saturated carbocycles. The molecule has 1 atom stereocenters. The van der Waals surface area contributed by atoms with Gasteiger partial charge in [-0.2, -0.15) is 4.98 Å². The van der Waals surface area contributed by atoms with Crippen molar-refractivity contribution < 1.29 is 14.3 Å². The average Bonchev–Trinajstić information content (AvgIpc) is 2.94. The molecule has 0 bridgehead atoms. The summed E-state index contributed by atoms with van der Waals surface area (Å²) >= 11 is 1.56. The molecular weight excluding hydrogens is 436 g/mol. The lowest BCUT2D eigenvalue weighted by Gasteiger charge is -2.30. The highest BCUT2D eigenvalue weighted by atomic mass is 32.2. The fourth-order valence-corrected chi connectivity index (χ4v) is 4.56. The number of carbonyl (C=O) groups excluding carboxylic acids is 1. The number of fused-ring (bicyclic) bond motifs is 3. The zero-order valence-corrected chi connectivity index (χ0v) is 20.2. The van der Waals surface area contributed by atoms with Crippen LogP contribution in [0.1, 0.15) is 51.0 Å². The summed E-state index contributed by atoms with van der Waals surface area (Å²) in [6.45, 7) is 8.22. The monoisotopic (exact) mass is 464 g/mol. The van der Waals surface area contributed by atoms with Gasteiger partial charge in [-0.1, -0.05) is 36.7 Å². The second-order valence-electron chi connectivity index (χ2n) is 7.83. The Morgan fingerprint density at radius 3 is 2.64 bits per heavy atom. The van der Waals surface area contributed by atoms with E-state index in [1.54, 1.807) is 16.7 Å². The van der Waals surface area contributed by atoms with Crippen LogP contribution in [0.2, 0.25) is 0 Å². The van der Waals surface area contributed by atoms with E-state index in [-0.39, 0.29) is 5.91 Å². The molecule has 1 aliphatic heterocycles. The molecule has 7 nitrogen and oxygen atoms in total. The number of amides is 1. The third-order valence-electron chi connectivity index (χ3n) is 5.30. The number of hydrogen-bond acceptors (Lipinski definition) is 7. The maximum atomic E-state index is 12.9. The van der Waals surface area contributed by atoms with Crippen LogP contribution in [0.3, 0.4) is 0 Å². The van der Waals surface area contributed by atoms with Crippen molar-refractivity contribution in [1.29, 1.82) is 0 Å². The summed E-state index contributed by atoms with van der Waals surface area (Å²) in [5.41, 5.74) is 3.89. The Morgan fingerprint density at radius 1 is 1.15 bits per heavy atom. The van der Waals surface area contributed by atoms with Crippen molar-refractivity contribution in [3.8, 4) is 22.9 Å². The predicted octanol–water partition coefficient (Wildman–Crippen LogP) is 5.58. The molecule has 4 rings (SSSR count). The van der Waals surface area contributed by atoms with Crippen molar-refractivity contribution in [3.05, 3.63) is 53.6 Å². The number of aryl methyl sites for hydroxylation is 1. The van der Waals surface area contributed by atoms with Gasteiger partial charge >= 0.3 is 0 Å². The van der Waals surface area contributed by atoms with Crippen molar-refractivity contribution in [2.45, 2.75) is 51.9 Å². The fourth-order valence-electron chi connectivity index (χ4n) is 3.70. The highest BCUT2D eigenvalue weighted by Gasteiger charge is 2.34. The highest BCUT2D eigenvalue weighted by Crippen LogP contribution is 2.44. The zero-order chi connectivity index (χ0) is 23.4. The van der Waals surface area contributed by atoms with E-state index in [0.717, 1.165) is 41.0 Å². The fraction of sp³-hybridized carbons (Fsp3) is 0.360. The minimum absolute atomic E-state index is 0.141. The Bertz CT molecular complexity index is 1140. The molecular formula is C25H28N4O3S. The third-order valence-corrected chi connectivity index (χ3v) is 6.23. The van der Waals surface area contributed by atoms with E-state index in [9.17, 15) is 4.79 Å². The molecule has 0 unspecified atom stereocenters. The molecule has 1 amide bonds. The SMILES string of the molecule is CCCCSc1nnc2c(n1)O[C@H](c1ccc(OCC)cc1)N(C(C)=O)c1ccc(C)cc1-2. The van der Waals surface area contributed by atoms with Gasteiger partial charge in [-0.25, -0.2) is 0 Å². The first-order chi connectivity index (χ1) is 16.0. The molecule has 8 heteroatoms. The van der Waals surface area contributed by atoms with Crippen LogP contribution in [0.15, 0.2) is 47.6 Å². The quantitative estimate of drug-likeness (QED) is 0.333. The number of aromatic nitrogens is 3. The Labute approximate surface area is 198 Å². The Balaban J connectivity index is 1.83. The van der Waals surface area contributed by atoms with Crippen molar-refractivity contribution in [2.75, 3.05) is 17.3 Å². The van der Waals surface area contributed by atoms with Crippen LogP contribution in [0, 0.1) is 6.92 Å². The van der Waals surface area contributed by atoms with Crippen LogP contribution in [0.4, 0.5) is 5.69 Å². The van der Waals surface area contributed by atoms with Crippen molar-refractivity contribution in [3.63, 3.8) is 0 Å². The Morgan fingerprint density at radius 2 is 1.94 bits per heavy atom. The summed E-state index contributed by atoms with van der Waals surface area (Å²) in [5, 5.41) is 9.39. The number of thioether (sulfide) groups is 1. The van der Waals surface area contributed by atoms with E-state index in [0.29, 0.717) is 29.0 Å². The lowest BCUT2D eigenvalue weighted by atomic mass is 10.0. The van der Waals surface area contributed by atoms with Gasteiger partial charge in [-0.3, -0.25) is 9.69 Å². The maximum Gasteiger partial charge on any atom is 0.247 e. The topological polar surface area (TPSA) is 77.4 Å². The van der Waals surface area contributed by atoms with Gasteiger partial charge in [-0.05, 0) is 56.7 Å². The predicted molar refractivity (Wildman–Crippen MR) is 130 cm³/mol. The molecule has 0 saturated heterocycles. The van der Waals surface area contributed by atoms with Gasteiger partial charge < -0.3 is 9.47 Å². The largest absolute Gasteiger partial charge is 0.494 e. The van der Waals surface area contributed by atoms with E-state index < -0.39 is 6.23 Å². The molecule has 1 aromatic heterocycles. The third kappa shape index (κ3) is 4.95. The van der Waals surface area contributed by atoms with E-state index in [4.69, 9.17) is 14.5 Å². The van der Waals surface area contributed by atoms with Gasteiger partial charge in [0.25, 0.3) is 0 Å². The first-order valence-corrected chi connectivity index (χ1v) is 12.2. The number of anilines is 1. The summed E-state index contributed by atoms with van der Waals surface area (Å²) in [5.74, 6) is 1.91. The molecule has 2 heterocycles. The lowest BCUT2D eigenvalue weighted by Crippen LogP contribution is -2.36. The summed E-state index contributed by atoms with van der Waals surface area (Å²) in [7, 11) is 0. The van der Waals surface area contributed by atoms with Crippen LogP contribution < -0.4 is 14.4 Å². The number of unbranched alkanes of at least 4 members (excludes halogenated alkanes) is 1. The van der Waals surface area contributed by atoms with E-state index in [2.05, 4.69) is 17.1 Å². The summed E-state index contributed by atoms with van der Waals surface area (Å²) in [6.07, 6.45) is 1.47. The molecule has 0 radical (unpaired) electrons. The van der Waals surface area contributed by atoms with E-state index in [1.807, 2.05) is 56.3 Å². The van der Waals surface area contributed by atoms with Crippen LogP contribution in [0.25, 0.3) is 11.3 Å². The number of hydrogen-bond donors (Lipinski definition) is 0. The van der Waals surface area contributed by atoms with Gasteiger partial charge in [0, 0.05) is 23.8 Å². The van der Waals surface area contributed by atoms with E-state index in [1.165, 1.54) is 6.92 Å². The smallest absolute Gasteiger partial charge is 0.247 e. The normalized spacial score (nSPS) is 14.7. The standard InChI is InChI=1S/C25H28N4O3S/c1-5-7-14-33-25-26-23-22(27-28-25)20-15-16(3)8-13-21(20)29(17(4)30)24(32-23)18-9-11-19(12-10-18)31-6-2/h8-13,15,24H,5-7,14H2,1-4H3/t24-/m1/s1. The average molecular weight is 465 g/mol. The maximum absolute atomic E-state index is 12.9. The summed E-state index contributed by atoms with van der Waals surface area (Å²) < 4.78 is 12.0. The molecule has 33 heavy (non-hydrogen) atoms. The molecule has 0 aliphatic carbocycles. The Kier molecular flexibility index (Phi) is 7.13. The van der Waals surface area contributed by atoms with Gasteiger partial charge in [0.15, 0.2) is 5.69 Å². The molecule has 1 aliphatic rings. The Hall–Kier alpha value is -3.13. The number of rotatable bonds is 7. The minimum atomic E-state index is -0.703. The lowest BCUT2D eigenvalue weighted by molar-refractivity contribution is -0.118.